The van der Waals surface area contributed by atoms with Gasteiger partial charge in [-0.05, 0) is 50.6 Å². The number of rotatable bonds is 3. The van der Waals surface area contributed by atoms with Gasteiger partial charge in [0, 0.05) is 29.2 Å². The van der Waals surface area contributed by atoms with Gasteiger partial charge in [0.15, 0.2) is 11.7 Å². The number of hydroxylamine groups is 2. The van der Waals surface area contributed by atoms with Crippen LogP contribution >= 0.6 is 0 Å². The first kappa shape index (κ1) is 17.8. The molecule has 3 heterocycles. The second kappa shape index (κ2) is 6.53. The van der Waals surface area contributed by atoms with E-state index in [0.717, 1.165) is 28.4 Å². The highest BCUT2D eigenvalue weighted by atomic mass is 16.7. The average Bonchev–Trinajstić information content (AvgIpc) is 3.17. The van der Waals surface area contributed by atoms with E-state index in [1.165, 1.54) is 5.06 Å². The second-order valence-electron chi connectivity index (χ2n) is 6.69. The zero-order valence-corrected chi connectivity index (χ0v) is 16.1. The SMILES string of the molecule is COc1cccc(-n2c(C)cc(/C=C3/C(=N)N4OC(C)=CC4=NC3=O)c2C)c1. The van der Waals surface area contributed by atoms with Crippen LogP contribution in [0.3, 0.4) is 0 Å². The number of hydrogen-bond acceptors (Lipinski definition) is 4. The number of allylic oxidation sites excluding steroid dienone is 1. The molecule has 4 rings (SSSR count). The summed E-state index contributed by atoms with van der Waals surface area (Å²) in [5.74, 6) is 1.23. The first-order valence-electron chi connectivity index (χ1n) is 8.82. The zero-order chi connectivity index (χ0) is 20.0. The standard InChI is InChI=1S/C21H20N4O3/c1-12-8-15(14(3)24(12)16-6-5-7-17(11-16)27-4)10-18-20(22)25-19(23-21(18)26)9-13(2)28-25/h5-11,22H,1-4H3/b18-10-,22-20?. The van der Waals surface area contributed by atoms with Crippen LogP contribution in [0.15, 0.2) is 52.7 Å². The number of carbonyl (C=O) groups excluding carboxylic acids is 1. The highest BCUT2D eigenvalue weighted by Crippen LogP contribution is 2.28. The van der Waals surface area contributed by atoms with E-state index in [9.17, 15) is 4.79 Å². The molecule has 0 saturated carbocycles. The maximum atomic E-state index is 12.5. The lowest BCUT2D eigenvalue weighted by molar-refractivity contribution is -0.114. The second-order valence-corrected chi connectivity index (χ2v) is 6.69. The molecule has 0 saturated heterocycles. The first-order valence-corrected chi connectivity index (χ1v) is 8.82. The van der Waals surface area contributed by atoms with E-state index in [2.05, 4.69) is 9.56 Å². The van der Waals surface area contributed by atoms with Crippen molar-refractivity contribution in [2.75, 3.05) is 7.11 Å². The fraction of sp³-hybridized carbons (Fsp3) is 0.190. The molecule has 0 unspecified atom stereocenters. The third kappa shape index (κ3) is 2.81. The van der Waals surface area contributed by atoms with Gasteiger partial charge in [-0.3, -0.25) is 10.2 Å². The summed E-state index contributed by atoms with van der Waals surface area (Å²) >= 11 is 0. The van der Waals surface area contributed by atoms with Crippen molar-refractivity contribution in [2.45, 2.75) is 20.8 Å². The molecule has 0 atom stereocenters. The monoisotopic (exact) mass is 376 g/mol. The van der Waals surface area contributed by atoms with Gasteiger partial charge in [0.2, 0.25) is 0 Å². The van der Waals surface area contributed by atoms with Crippen molar-refractivity contribution < 1.29 is 14.4 Å². The van der Waals surface area contributed by atoms with E-state index in [0.29, 0.717) is 11.6 Å². The highest BCUT2D eigenvalue weighted by molar-refractivity contribution is 6.32. The number of amidine groups is 2. The van der Waals surface area contributed by atoms with Crippen molar-refractivity contribution in [3.63, 3.8) is 0 Å². The van der Waals surface area contributed by atoms with Crippen molar-refractivity contribution in [3.8, 4) is 11.4 Å². The van der Waals surface area contributed by atoms with Crippen molar-refractivity contribution in [2.24, 2.45) is 4.99 Å². The molecule has 7 heteroatoms. The summed E-state index contributed by atoms with van der Waals surface area (Å²) in [6.07, 6.45) is 3.33. The van der Waals surface area contributed by atoms with Gasteiger partial charge in [-0.25, -0.2) is 0 Å². The molecule has 0 radical (unpaired) electrons. The Labute approximate surface area is 162 Å². The number of aliphatic imine (C=N–C) groups is 1. The van der Waals surface area contributed by atoms with Gasteiger partial charge in [-0.2, -0.15) is 4.99 Å². The third-order valence-corrected chi connectivity index (χ3v) is 4.76. The van der Waals surface area contributed by atoms with Crippen LogP contribution in [0.5, 0.6) is 5.75 Å². The highest BCUT2D eigenvalue weighted by Gasteiger charge is 2.34. The van der Waals surface area contributed by atoms with E-state index < -0.39 is 5.91 Å². The van der Waals surface area contributed by atoms with Crippen molar-refractivity contribution in [3.05, 3.63) is 64.7 Å². The van der Waals surface area contributed by atoms with E-state index in [4.69, 9.17) is 15.0 Å². The van der Waals surface area contributed by atoms with Gasteiger partial charge in [0.1, 0.15) is 11.5 Å². The smallest absolute Gasteiger partial charge is 0.282 e. The predicted octanol–water partition coefficient (Wildman–Crippen LogP) is 3.55. The Balaban J connectivity index is 1.75. The minimum Gasteiger partial charge on any atom is -0.497 e. The summed E-state index contributed by atoms with van der Waals surface area (Å²) < 4.78 is 7.41. The van der Waals surface area contributed by atoms with E-state index in [-0.39, 0.29) is 11.4 Å². The number of methoxy groups -OCH3 is 1. The minimum absolute atomic E-state index is 0.0192. The van der Waals surface area contributed by atoms with Crippen LogP contribution in [0.1, 0.15) is 23.9 Å². The molecule has 1 N–H and O–H groups in total. The summed E-state index contributed by atoms with van der Waals surface area (Å²) in [5, 5.41) is 9.63. The number of nitrogens with one attached hydrogen (secondary N) is 1. The van der Waals surface area contributed by atoms with Gasteiger partial charge < -0.3 is 14.1 Å². The number of aryl methyl sites for hydroxylation is 1. The predicted molar refractivity (Wildman–Crippen MR) is 107 cm³/mol. The molecule has 0 bridgehead atoms. The maximum Gasteiger partial charge on any atom is 0.282 e. The Kier molecular flexibility index (Phi) is 4.15. The van der Waals surface area contributed by atoms with Gasteiger partial charge in [-0.1, -0.05) is 6.07 Å². The van der Waals surface area contributed by atoms with E-state index >= 15 is 0 Å². The summed E-state index contributed by atoms with van der Waals surface area (Å²) in [5.41, 5.74) is 3.96. The van der Waals surface area contributed by atoms with Crippen LogP contribution in [0.4, 0.5) is 0 Å². The molecule has 28 heavy (non-hydrogen) atoms. The van der Waals surface area contributed by atoms with Crippen LogP contribution in [0, 0.1) is 19.3 Å². The normalized spacial score (nSPS) is 17.4. The van der Waals surface area contributed by atoms with Gasteiger partial charge in [0.25, 0.3) is 5.91 Å². The molecule has 0 spiro atoms. The third-order valence-electron chi connectivity index (χ3n) is 4.76. The Morgan fingerprint density at radius 2 is 2.00 bits per heavy atom. The lowest BCUT2D eigenvalue weighted by Gasteiger charge is -2.22. The molecular weight excluding hydrogens is 356 g/mol. The summed E-state index contributed by atoms with van der Waals surface area (Å²) in [6, 6.07) is 9.76. The zero-order valence-electron chi connectivity index (χ0n) is 16.1. The van der Waals surface area contributed by atoms with Crippen molar-refractivity contribution >= 4 is 23.7 Å². The number of ether oxygens (including phenoxy) is 1. The number of nitrogens with zero attached hydrogens (tertiary/aromatic N) is 3. The van der Waals surface area contributed by atoms with Gasteiger partial charge in [0.05, 0.1) is 12.7 Å². The lowest BCUT2D eigenvalue weighted by Crippen LogP contribution is -2.38. The molecule has 142 valence electrons. The van der Waals surface area contributed by atoms with Gasteiger partial charge in [-0.15, -0.1) is 5.06 Å². The fourth-order valence-corrected chi connectivity index (χ4v) is 3.44. The molecule has 7 nitrogen and oxygen atoms in total. The summed E-state index contributed by atoms with van der Waals surface area (Å²) in [7, 11) is 1.64. The van der Waals surface area contributed by atoms with Crippen LogP contribution in [0.2, 0.25) is 0 Å². The molecule has 2 aromatic rings. The van der Waals surface area contributed by atoms with Gasteiger partial charge >= 0.3 is 0 Å². The van der Waals surface area contributed by atoms with Crippen LogP contribution in [-0.2, 0) is 9.63 Å². The van der Waals surface area contributed by atoms with Crippen LogP contribution < -0.4 is 4.74 Å². The van der Waals surface area contributed by atoms with Crippen molar-refractivity contribution in [1.82, 2.24) is 9.63 Å². The van der Waals surface area contributed by atoms with Crippen LogP contribution in [-0.4, -0.2) is 34.3 Å². The molecule has 1 aromatic carbocycles. The van der Waals surface area contributed by atoms with Crippen molar-refractivity contribution in [1.29, 1.82) is 5.41 Å². The van der Waals surface area contributed by atoms with Crippen LogP contribution in [0.25, 0.3) is 11.8 Å². The maximum absolute atomic E-state index is 12.5. The molecule has 1 amide bonds. The number of carbonyl (C=O) groups is 1. The molecule has 1 aromatic heterocycles. The molecule has 2 aliphatic heterocycles. The topological polar surface area (TPSA) is 79.9 Å². The minimum atomic E-state index is -0.447. The number of aromatic nitrogens is 1. The summed E-state index contributed by atoms with van der Waals surface area (Å²) in [4.78, 5) is 22.0. The number of hydrogen-bond donors (Lipinski definition) is 1. The Morgan fingerprint density at radius 1 is 1.21 bits per heavy atom. The first-order chi connectivity index (χ1) is 13.4. The number of amides is 1. The Bertz CT molecular complexity index is 1100. The lowest BCUT2D eigenvalue weighted by atomic mass is 10.1. The number of fused-ring (bicyclic) bond motifs is 1. The van der Waals surface area contributed by atoms with E-state index in [1.54, 1.807) is 26.2 Å². The molecule has 2 aliphatic rings. The Morgan fingerprint density at radius 3 is 2.75 bits per heavy atom. The number of benzene rings is 1. The molecular formula is C21H20N4O3. The summed E-state index contributed by atoms with van der Waals surface area (Å²) in [6.45, 7) is 5.72. The quantitative estimate of drug-likeness (QED) is 0.831. The molecule has 0 aliphatic carbocycles. The molecule has 0 fully saturated rings. The Hall–Kier alpha value is -3.61. The van der Waals surface area contributed by atoms with E-state index in [1.807, 2.05) is 44.2 Å². The largest absolute Gasteiger partial charge is 0.497 e. The average molecular weight is 376 g/mol. The fourth-order valence-electron chi connectivity index (χ4n) is 3.44.